The standard InChI is InChI=1S/C25H44/c1-3-13-23-21(2)14-11-15-22-20-25(19-12-16-24(22)23)17-9-7-5-4-6-8-10-18-25/h11,15,21-24H,3-10,12-14,16-20H2,1-2H3. The average molecular weight is 345 g/mol. The Balaban J connectivity index is 1.75. The molecule has 0 saturated heterocycles. The topological polar surface area (TPSA) is 0 Å². The zero-order valence-electron chi connectivity index (χ0n) is 17.3. The first-order valence-electron chi connectivity index (χ1n) is 11.9. The van der Waals surface area contributed by atoms with E-state index >= 15 is 0 Å². The molecular weight excluding hydrogens is 300 g/mol. The maximum Gasteiger partial charge on any atom is -0.0197 e. The minimum Gasteiger partial charge on any atom is -0.0880 e. The highest BCUT2D eigenvalue weighted by atomic mass is 14.5. The summed E-state index contributed by atoms with van der Waals surface area (Å²) in [6.07, 6.45) is 29.2. The lowest BCUT2D eigenvalue weighted by Crippen LogP contribution is -2.28. The maximum absolute atomic E-state index is 2.70. The molecule has 1 spiro atoms. The molecule has 3 aliphatic carbocycles. The molecule has 0 aliphatic heterocycles. The molecule has 0 amide bonds. The highest BCUT2D eigenvalue weighted by molar-refractivity contribution is 5.03. The molecular formula is C25H44. The second-order valence-electron chi connectivity index (χ2n) is 9.99. The summed E-state index contributed by atoms with van der Waals surface area (Å²) >= 11 is 0. The largest absolute Gasteiger partial charge is 0.0880 e. The Morgan fingerprint density at radius 3 is 2.20 bits per heavy atom. The molecule has 2 fully saturated rings. The van der Waals surface area contributed by atoms with Gasteiger partial charge in [-0.1, -0.05) is 90.2 Å². The van der Waals surface area contributed by atoms with E-state index in [0.717, 1.165) is 23.7 Å². The summed E-state index contributed by atoms with van der Waals surface area (Å²) in [4.78, 5) is 0. The lowest BCUT2D eigenvalue weighted by Gasteiger charge is -2.38. The summed E-state index contributed by atoms with van der Waals surface area (Å²) in [5.74, 6) is 3.78. The van der Waals surface area contributed by atoms with E-state index in [0.29, 0.717) is 5.41 Å². The molecule has 0 aromatic rings. The van der Waals surface area contributed by atoms with E-state index in [1.165, 1.54) is 96.3 Å². The molecule has 0 bridgehead atoms. The first kappa shape index (κ1) is 19.5. The molecule has 0 aromatic carbocycles. The van der Waals surface area contributed by atoms with Gasteiger partial charge in [-0.05, 0) is 67.6 Å². The van der Waals surface area contributed by atoms with Crippen molar-refractivity contribution in [2.75, 3.05) is 0 Å². The minimum atomic E-state index is 0.700. The van der Waals surface area contributed by atoms with Crippen molar-refractivity contribution >= 4 is 0 Å². The van der Waals surface area contributed by atoms with Crippen LogP contribution in [0.25, 0.3) is 0 Å². The zero-order chi connectivity index (χ0) is 17.5. The van der Waals surface area contributed by atoms with Crippen molar-refractivity contribution in [2.45, 2.75) is 117 Å². The SMILES string of the molecule is CCCC1C(C)CC=CC2CC3(CCCCCCCCC3)CCCC21. The van der Waals surface area contributed by atoms with Crippen LogP contribution < -0.4 is 0 Å². The quantitative estimate of drug-likeness (QED) is 0.442. The summed E-state index contributed by atoms with van der Waals surface area (Å²) in [7, 11) is 0. The second-order valence-corrected chi connectivity index (χ2v) is 9.99. The Labute approximate surface area is 158 Å². The molecule has 2 saturated carbocycles. The number of rotatable bonds is 2. The Bertz CT molecular complexity index is 396. The van der Waals surface area contributed by atoms with Gasteiger partial charge in [0, 0.05) is 0 Å². The van der Waals surface area contributed by atoms with Gasteiger partial charge in [-0.15, -0.1) is 0 Å². The molecule has 0 aromatic heterocycles. The lowest BCUT2D eigenvalue weighted by molar-refractivity contribution is 0.136. The van der Waals surface area contributed by atoms with Crippen LogP contribution in [0.4, 0.5) is 0 Å². The van der Waals surface area contributed by atoms with E-state index < -0.39 is 0 Å². The molecule has 0 nitrogen and oxygen atoms in total. The van der Waals surface area contributed by atoms with E-state index in [1.54, 1.807) is 6.42 Å². The van der Waals surface area contributed by atoms with Crippen LogP contribution in [0.2, 0.25) is 0 Å². The molecule has 0 heteroatoms. The number of hydrogen-bond acceptors (Lipinski definition) is 0. The van der Waals surface area contributed by atoms with Gasteiger partial charge in [0.15, 0.2) is 0 Å². The monoisotopic (exact) mass is 344 g/mol. The van der Waals surface area contributed by atoms with Gasteiger partial charge in [-0.2, -0.15) is 0 Å². The second kappa shape index (κ2) is 9.61. The van der Waals surface area contributed by atoms with E-state index in [1.807, 2.05) is 0 Å². The summed E-state index contributed by atoms with van der Waals surface area (Å²) in [6, 6.07) is 0. The first-order valence-corrected chi connectivity index (χ1v) is 11.9. The zero-order valence-corrected chi connectivity index (χ0v) is 17.3. The van der Waals surface area contributed by atoms with Gasteiger partial charge >= 0.3 is 0 Å². The molecule has 4 unspecified atom stereocenters. The lowest BCUT2D eigenvalue weighted by atomic mass is 9.67. The summed E-state index contributed by atoms with van der Waals surface area (Å²) in [5.41, 5.74) is 0.700. The van der Waals surface area contributed by atoms with E-state index in [2.05, 4.69) is 26.0 Å². The molecule has 144 valence electrons. The fraction of sp³-hybridized carbons (Fsp3) is 0.920. The predicted molar refractivity (Wildman–Crippen MR) is 111 cm³/mol. The number of hydrogen-bond donors (Lipinski definition) is 0. The molecule has 3 aliphatic rings. The van der Waals surface area contributed by atoms with Crippen LogP contribution in [-0.4, -0.2) is 0 Å². The third-order valence-electron chi connectivity index (χ3n) is 8.17. The first-order chi connectivity index (χ1) is 12.2. The van der Waals surface area contributed by atoms with E-state index in [-0.39, 0.29) is 0 Å². The summed E-state index contributed by atoms with van der Waals surface area (Å²) in [5, 5.41) is 0. The molecule has 3 rings (SSSR count). The van der Waals surface area contributed by atoms with Crippen LogP contribution in [0.1, 0.15) is 117 Å². The fourth-order valence-electron chi connectivity index (χ4n) is 6.78. The number of allylic oxidation sites excluding steroid dienone is 2. The summed E-state index contributed by atoms with van der Waals surface area (Å²) in [6.45, 7) is 4.94. The van der Waals surface area contributed by atoms with Crippen LogP contribution in [0, 0.1) is 29.1 Å². The molecule has 4 atom stereocenters. The van der Waals surface area contributed by atoms with E-state index in [9.17, 15) is 0 Å². The van der Waals surface area contributed by atoms with Gasteiger partial charge in [0.1, 0.15) is 0 Å². The molecule has 0 N–H and O–H groups in total. The van der Waals surface area contributed by atoms with Gasteiger partial charge in [-0.3, -0.25) is 0 Å². The Hall–Kier alpha value is -0.260. The van der Waals surface area contributed by atoms with Crippen molar-refractivity contribution in [3.8, 4) is 0 Å². The predicted octanol–water partition coefficient (Wildman–Crippen LogP) is 8.32. The van der Waals surface area contributed by atoms with Gasteiger partial charge in [0.05, 0.1) is 0 Å². The van der Waals surface area contributed by atoms with Crippen molar-refractivity contribution in [1.82, 2.24) is 0 Å². The van der Waals surface area contributed by atoms with Crippen LogP contribution in [0.5, 0.6) is 0 Å². The van der Waals surface area contributed by atoms with E-state index in [4.69, 9.17) is 0 Å². The Morgan fingerprint density at radius 1 is 0.880 bits per heavy atom. The smallest absolute Gasteiger partial charge is 0.0197 e. The normalized spacial score (nSPS) is 37.0. The maximum atomic E-state index is 2.70. The van der Waals surface area contributed by atoms with Gasteiger partial charge in [-0.25, -0.2) is 0 Å². The van der Waals surface area contributed by atoms with Gasteiger partial charge in [0.2, 0.25) is 0 Å². The van der Waals surface area contributed by atoms with Crippen LogP contribution in [-0.2, 0) is 0 Å². The van der Waals surface area contributed by atoms with Crippen LogP contribution in [0.3, 0.4) is 0 Å². The van der Waals surface area contributed by atoms with Crippen molar-refractivity contribution in [1.29, 1.82) is 0 Å². The third-order valence-corrected chi connectivity index (χ3v) is 8.17. The fourth-order valence-corrected chi connectivity index (χ4v) is 6.78. The molecule has 0 radical (unpaired) electrons. The van der Waals surface area contributed by atoms with Crippen LogP contribution in [0.15, 0.2) is 12.2 Å². The number of fused-ring (bicyclic) bond motifs is 1. The van der Waals surface area contributed by atoms with Gasteiger partial charge in [0.25, 0.3) is 0 Å². The van der Waals surface area contributed by atoms with Crippen LogP contribution >= 0.6 is 0 Å². The van der Waals surface area contributed by atoms with Crippen molar-refractivity contribution in [3.05, 3.63) is 12.2 Å². The van der Waals surface area contributed by atoms with Gasteiger partial charge < -0.3 is 0 Å². The third kappa shape index (κ3) is 5.14. The van der Waals surface area contributed by atoms with Crippen molar-refractivity contribution in [3.63, 3.8) is 0 Å². The molecule has 25 heavy (non-hydrogen) atoms. The Kier molecular flexibility index (Phi) is 7.50. The minimum absolute atomic E-state index is 0.700. The highest BCUT2D eigenvalue weighted by Gasteiger charge is 2.40. The van der Waals surface area contributed by atoms with Crippen molar-refractivity contribution < 1.29 is 0 Å². The Morgan fingerprint density at radius 2 is 1.52 bits per heavy atom. The molecule has 0 heterocycles. The highest BCUT2D eigenvalue weighted by Crippen LogP contribution is 2.52. The average Bonchev–Trinajstić information content (AvgIpc) is 2.86. The summed E-state index contributed by atoms with van der Waals surface area (Å²) < 4.78 is 0. The van der Waals surface area contributed by atoms with Crippen molar-refractivity contribution in [2.24, 2.45) is 29.1 Å².